The van der Waals surface area contributed by atoms with Crippen LogP contribution >= 0.6 is 0 Å². The number of pyridine rings is 1. The van der Waals surface area contributed by atoms with Crippen molar-refractivity contribution in [2.45, 2.75) is 13.5 Å². The summed E-state index contributed by atoms with van der Waals surface area (Å²) in [4.78, 5) is 20.7. The summed E-state index contributed by atoms with van der Waals surface area (Å²) in [5, 5.41) is 4.15. The molecule has 0 saturated carbocycles. The van der Waals surface area contributed by atoms with Gasteiger partial charge in [0, 0.05) is 17.3 Å². The van der Waals surface area contributed by atoms with Crippen molar-refractivity contribution in [3.05, 3.63) is 88.0 Å². The molecular weight excluding hydrogens is 390 g/mol. The molecule has 4 rings (SSSR count). The molecule has 30 heavy (non-hydrogen) atoms. The van der Waals surface area contributed by atoms with Gasteiger partial charge in [-0.2, -0.15) is 4.98 Å². The average molecular weight is 408 g/mol. The minimum absolute atomic E-state index is 0.0417. The van der Waals surface area contributed by atoms with Crippen molar-refractivity contribution in [2.24, 2.45) is 0 Å². The van der Waals surface area contributed by atoms with Crippen LogP contribution in [-0.2, 0) is 6.54 Å². The molecule has 0 aliphatic carbocycles. The Morgan fingerprint density at radius 1 is 1.13 bits per heavy atom. The maximum absolute atomic E-state index is 13.6. The van der Waals surface area contributed by atoms with E-state index in [-0.39, 0.29) is 18.2 Å². The summed E-state index contributed by atoms with van der Waals surface area (Å²) in [6.45, 7) is 2.07. The number of hydrogen-bond donors (Lipinski definition) is 1. The van der Waals surface area contributed by atoms with Gasteiger partial charge in [-0.15, -0.1) is 0 Å². The molecule has 0 spiro atoms. The second-order valence-electron chi connectivity index (χ2n) is 6.80. The zero-order valence-corrected chi connectivity index (χ0v) is 16.3. The molecule has 0 atom stereocenters. The highest BCUT2D eigenvalue weighted by atomic mass is 19.2. The predicted octanol–water partition coefficient (Wildman–Crippen LogP) is 4.18. The molecule has 8 heteroatoms. The highest BCUT2D eigenvalue weighted by Gasteiger charge is 2.13. The quantitative estimate of drug-likeness (QED) is 0.537. The third kappa shape index (κ3) is 3.84. The third-order valence-corrected chi connectivity index (χ3v) is 4.72. The summed E-state index contributed by atoms with van der Waals surface area (Å²) in [7, 11) is 1.37. The van der Waals surface area contributed by atoms with Crippen molar-refractivity contribution in [3.63, 3.8) is 0 Å². The van der Waals surface area contributed by atoms with Crippen LogP contribution in [0, 0.1) is 18.6 Å². The summed E-state index contributed by atoms with van der Waals surface area (Å²) >= 11 is 0. The van der Waals surface area contributed by atoms with Gasteiger partial charge in [-0.25, -0.2) is 8.78 Å². The predicted molar refractivity (Wildman–Crippen MR) is 110 cm³/mol. The van der Waals surface area contributed by atoms with E-state index in [1.165, 1.54) is 19.4 Å². The van der Waals surface area contributed by atoms with Gasteiger partial charge in [0.25, 0.3) is 0 Å². The maximum Gasteiger partial charge on any atom is 0.316 e. The van der Waals surface area contributed by atoms with Gasteiger partial charge in [0.05, 0.1) is 25.4 Å². The van der Waals surface area contributed by atoms with Gasteiger partial charge >= 0.3 is 5.56 Å². The van der Waals surface area contributed by atoms with Crippen LogP contribution in [-0.4, -0.2) is 21.6 Å². The van der Waals surface area contributed by atoms with Crippen LogP contribution in [0.1, 0.15) is 11.1 Å². The molecular formula is C22H18F2N4O2. The van der Waals surface area contributed by atoms with Gasteiger partial charge in [-0.05, 0) is 48.4 Å². The van der Waals surface area contributed by atoms with Gasteiger partial charge in [0.1, 0.15) is 0 Å². The van der Waals surface area contributed by atoms with Crippen LogP contribution in [0.25, 0.3) is 10.9 Å². The van der Waals surface area contributed by atoms with Gasteiger partial charge in [-0.1, -0.05) is 12.1 Å². The molecule has 6 nitrogen and oxygen atoms in total. The zero-order valence-electron chi connectivity index (χ0n) is 16.3. The normalized spacial score (nSPS) is 10.9. The van der Waals surface area contributed by atoms with Crippen LogP contribution < -0.4 is 15.6 Å². The number of hydrogen-bond acceptors (Lipinski definition) is 5. The molecule has 2 aromatic heterocycles. The fraction of sp³-hybridized carbons (Fsp3) is 0.136. The lowest BCUT2D eigenvalue weighted by atomic mass is 10.1. The van der Waals surface area contributed by atoms with E-state index in [1.54, 1.807) is 10.8 Å². The van der Waals surface area contributed by atoms with Crippen molar-refractivity contribution in [2.75, 3.05) is 12.4 Å². The largest absolute Gasteiger partial charge is 0.490 e. The number of aryl methyl sites for hydroxylation is 1. The van der Waals surface area contributed by atoms with Gasteiger partial charge in [0.15, 0.2) is 11.6 Å². The van der Waals surface area contributed by atoms with Crippen LogP contribution in [0.5, 0.6) is 5.75 Å². The first kappa shape index (κ1) is 19.5. The first-order chi connectivity index (χ1) is 14.4. The summed E-state index contributed by atoms with van der Waals surface area (Å²) in [6.07, 6.45) is 3.18. The number of anilines is 2. The molecule has 0 aliphatic heterocycles. The molecule has 0 bridgehead atoms. The van der Waals surface area contributed by atoms with E-state index in [0.717, 1.165) is 34.3 Å². The highest BCUT2D eigenvalue weighted by molar-refractivity contribution is 5.84. The molecule has 152 valence electrons. The highest BCUT2D eigenvalue weighted by Crippen LogP contribution is 2.25. The Bertz CT molecular complexity index is 1300. The fourth-order valence-corrected chi connectivity index (χ4v) is 3.16. The average Bonchev–Trinajstić information content (AvgIpc) is 2.73. The lowest BCUT2D eigenvalue weighted by molar-refractivity contribution is 0.402. The molecule has 2 heterocycles. The monoisotopic (exact) mass is 408 g/mol. The standard InChI is InChI=1S/C22H18F2N4O2/c1-13-8-15-4-3-7-25-19(15)10-18(13)26-22-27-21(29)20(30-2)12-28(22)11-14-5-6-16(23)17(24)9-14/h3-10,12H,11H2,1-2H3,(H,26,27,29). The molecule has 1 N–H and O–H groups in total. The van der Waals surface area contributed by atoms with Gasteiger partial charge < -0.3 is 14.6 Å². The SMILES string of the molecule is COc1cn(Cc2ccc(F)c(F)c2)c(Nc2cc3ncccc3cc2C)nc1=O. The van der Waals surface area contributed by atoms with Crippen LogP contribution in [0.4, 0.5) is 20.4 Å². The van der Waals surface area contributed by atoms with E-state index in [1.807, 2.05) is 31.2 Å². The first-order valence-corrected chi connectivity index (χ1v) is 9.16. The zero-order chi connectivity index (χ0) is 21.3. The number of fused-ring (bicyclic) bond motifs is 1. The molecule has 0 radical (unpaired) electrons. The first-order valence-electron chi connectivity index (χ1n) is 9.16. The minimum Gasteiger partial charge on any atom is -0.490 e. The van der Waals surface area contributed by atoms with Crippen LogP contribution in [0.2, 0.25) is 0 Å². The Labute approximate surface area is 170 Å². The Morgan fingerprint density at radius 2 is 1.97 bits per heavy atom. The topological polar surface area (TPSA) is 69.0 Å². The van der Waals surface area contributed by atoms with E-state index in [2.05, 4.69) is 15.3 Å². The van der Waals surface area contributed by atoms with Crippen molar-refractivity contribution in [1.29, 1.82) is 0 Å². The van der Waals surface area contributed by atoms with Crippen LogP contribution in [0.15, 0.2) is 59.7 Å². The molecule has 2 aromatic carbocycles. The Balaban J connectivity index is 1.77. The second-order valence-corrected chi connectivity index (χ2v) is 6.80. The summed E-state index contributed by atoms with van der Waals surface area (Å²) < 4.78 is 33.6. The van der Waals surface area contributed by atoms with E-state index >= 15 is 0 Å². The molecule has 0 aliphatic rings. The third-order valence-electron chi connectivity index (χ3n) is 4.72. The summed E-state index contributed by atoms with van der Waals surface area (Å²) in [5.41, 5.74) is 2.39. The van der Waals surface area contributed by atoms with E-state index in [9.17, 15) is 13.6 Å². The summed E-state index contributed by atoms with van der Waals surface area (Å²) in [6, 6.07) is 11.3. The van der Waals surface area contributed by atoms with Gasteiger partial charge in [0.2, 0.25) is 11.7 Å². The van der Waals surface area contributed by atoms with Crippen molar-refractivity contribution < 1.29 is 13.5 Å². The van der Waals surface area contributed by atoms with Crippen LogP contribution in [0.3, 0.4) is 0 Å². The van der Waals surface area contributed by atoms with Crippen molar-refractivity contribution >= 4 is 22.5 Å². The number of nitrogens with one attached hydrogen (secondary N) is 1. The number of ether oxygens (including phenoxy) is 1. The van der Waals surface area contributed by atoms with E-state index in [0.29, 0.717) is 5.56 Å². The Morgan fingerprint density at radius 3 is 2.73 bits per heavy atom. The maximum atomic E-state index is 13.6. The Kier molecular flexibility index (Phi) is 5.14. The molecule has 0 unspecified atom stereocenters. The Hall–Kier alpha value is -3.81. The number of aromatic nitrogens is 3. The molecule has 4 aromatic rings. The lowest BCUT2D eigenvalue weighted by Crippen LogP contribution is -2.19. The molecule has 0 fully saturated rings. The fourth-order valence-electron chi connectivity index (χ4n) is 3.16. The van der Waals surface area contributed by atoms with Crippen molar-refractivity contribution in [3.8, 4) is 5.75 Å². The smallest absolute Gasteiger partial charge is 0.316 e. The van der Waals surface area contributed by atoms with E-state index < -0.39 is 17.2 Å². The molecule has 0 saturated heterocycles. The number of methoxy groups -OCH3 is 1. The number of benzene rings is 2. The van der Waals surface area contributed by atoms with Gasteiger partial charge in [-0.3, -0.25) is 9.78 Å². The minimum atomic E-state index is -0.945. The molecule has 0 amide bonds. The lowest BCUT2D eigenvalue weighted by Gasteiger charge is -2.17. The van der Waals surface area contributed by atoms with Crippen molar-refractivity contribution in [1.82, 2.24) is 14.5 Å². The second kappa shape index (κ2) is 7.90. The summed E-state index contributed by atoms with van der Waals surface area (Å²) in [5.74, 6) is -1.59. The van der Waals surface area contributed by atoms with E-state index in [4.69, 9.17) is 4.74 Å². The number of rotatable bonds is 5. The number of nitrogens with zero attached hydrogens (tertiary/aromatic N) is 3. The number of halogens is 2.